The molecule has 0 atom stereocenters. The predicted molar refractivity (Wildman–Crippen MR) is 80.1 cm³/mol. The second-order valence-electron chi connectivity index (χ2n) is 4.40. The summed E-state index contributed by atoms with van der Waals surface area (Å²) in [6.45, 7) is 6.58. The quantitative estimate of drug-likeness (QED) is 0.604. The van der Waals surface area contributed by atoms with Gasteiger partial charge in [-0.1, -0.05) is 6.92 Å². The summed E-state index contributed by atoms with van der Waals surface area (Å²) in [5.74, 6) is 0.935. The van der Waals surface area contributed by atoms with Crippen LogP contribution in [0.25, 0.3) is 0 Å². The summed E-state index contributed by atoms with van der Waals surface area (Å²) in [6.07, 6.45) is 2.09. The Labute approximate surface area is 116 Å². The topological polar surface area (TPSA) is 42.5 Å². The van der Waals surface area contributed by atoms with Gasteiger partial charge in [-0.05, 0) is 43.7 Å². The Morgan fingerprint density at radius 1 is 1.00 bits per heavy atom. The van der Waals surface area contributed by atoms with Gasteiger partial charge in [0.25, 0.3) is 0 Å². The molecule has 0 aliphatic carbocycles. The molecule has 0 aliphatic rings. The zero-order valence-electron chi connectivity index (χ0n) is 12.1. The molecule has 0 amide bonds. The van der Waals surface area contributed by atoms with Crippen LogP contribution in [0.4, 0.5) is 5.69 Å². The van der Waals surface area contributed by atoms with Crippen molar-refractivity contribution in [1.82, 2.24) is 5.32 Å². The van der Waals surface area contributed by atoms with Gasteiger partial charge in [0.1, 0.15) is 5.75 Å². The van der Waals surface area contributed by atoms with Gasteiger partial charge in [0.05, 0.1) is 6.61 Å². The van der Waals surface area contributed by atoms with Crippen molar-refractivity contribution in [2.75, 3.05) is 45.3 Å². The highest BCUT2D eigenvalue weighted by atomic mass is 16.5. The van der Waals surface area contributed by atoms with Gasteiger partial charge in [0, 0.05) is 32.5 Å². The SMILES string of the molecule is CCCOc1ccc(NCCNCCCOC)cc1. The standard InChI is InChI=1S/C15H26N2O2/c1-3-12-19-15-7-5-14(6-8-15)17-11-10-16-9-4-13-18-2/h5-8,16-17H,3-4,9-13H2,1-2H3. The van der Waals surface area contributed by atoms with Gasteiger partial charge in [0.2, 0.25) is 0 Å². The van der Waals surface area contributed by atoms with Gasteiger partial charge >= 0.3 is 0 Å². The summed E-state index contributed by atoms with van der Waals surface area (Å²) in [4.78, 5) is 0. The molecular formula is C15H26N2O2. The average Bonchev–Trinajstić information content (AvgIpc) is 2.45. The molecule has 0 saturated carbocycles. The summed E-state index contributed by atoms with van der Waals surface area (Å²) < 4.78 is 10.5. The summed E-state index contributed by atoms with van der Waals surface area (Å²) in [5, 5.41) is 6.73. The van der Waals surface area contributed by atoms with Crippen LogP contribution in [-0.2, 0) is 4.74 Å². The molecule has 0 heterocycles. The Morgan fingerprint density at radius 2 is 1.79 bits per heavy atom. The van der Waals surface area contributed by atoms with Gasteiger partial charge in [-0.3, -0.25) is 0 Å². The van der Waals surface area contributed by atoms with Crippen LogP contribution >= 0.6 is 0 Å². The minimum atomic E-state index is 0.776. The molecule has 1 aromatic carbocycles. The molecule has 0 aromatic heterocycles. The molecule has 0 radical (unpaired) electrons. The molecule has 4 nitrogen and oxygen atoms in total. The van der Waals surface area contributed by atoms with Crippen LogP contribution in [0, 0.1) is 0 Å². The van der Waals surface area contributed by atoms with Crippen molar-refractivity contribution in [3.05, 3.63) is 24.3 Å². The Hall–Kier alpha value is -1.26. The molecule has 0 saturated heterocycles. The lowest BCUT2D eigenvalue weighted by Crippen LogP contribution is -2.23. The summed E-state index contributed by atoms with van der Waals surface area (Å²) in [7, 11) is 1.73. The van der Waals surface area contributed by atoms with Gasteiger partial charge in [-0.2, -0.15) is 0 Å². The van der Waals surface area contributed by atoms with E-state index in [9.17, 15) is 0 Å². The van der Waals surface area contributed by atoms with Crippen LogP contribution in [0.15, 0.2) is 24.3 Å². The third-order valence-corrected chi connectivity index (χ3v) is 2.66. The maximum absolute atomic E-state index is 5.54. The zero-order chi connectivity index (χ0) is 13.8. The van der Waals surface area contributed by atoms with Crippen molar-refractivity contribution in [3.8, 4) is 5.75 Å². The Balaban J connectivity index is 2.09. The zero-order valence-corrected chi connectivity index (χ0v) is 12.1. The molecule has 0 fully saturated rings. The minimum absolute atomic E-state index is 0.776. The Kier molecular flexibility index (Phi) is 8.85. The van der Waals surface area contributed by atoms with Crippen molar-refractivity contribution >= 4 is 5.69 Å². The molecule has 0 spiro atoms. The first kappa shape index (κ1) is 15.8. The lowest BCUT2D eigenvalue weighted by molar-refractivity contribution is 0.194. The molecule has 4 heteroatoms. The minimum Gasteiger partial charge on any atom is -0.494 e. The second kappa shape index (κ2) is 10.6. The largest absolute Gasteiger partial charge is 0.494 e. The fraction of sp³-hybridized carbons (Fsp3) is 0.600. The van der Waals surface area contributed by atoms with Crippen LogP contribution in [0.3, 0.4) is 0 Å². The Bertz CT molecular complexity index is 314. The van der Waals surface area contributed by atoms with E-state index in [2.05, 4.69) is 29.7 Å². The van der Waals surface area contributed by atoms with Crippen molar-refractivity contribution in [1.29, 1.82) is 0 Å². The van der Waals surface area contributed by atoms with E-state index in [-0.39, 0.29) is 0 Å². The van der Waals surface area contributed by atoms with Crippen LogP contribution in [0.2, 0.25) is 0 Å². The third-order valence-electron chi connectivity index (χ3n) is 2.66. The number of nitrogens with one attached hydrogen (secondary N) is 2. The molecule has 0 unspecified atom stereocenters. The molecular weight excluding hydrogens is 240 g/mol. The summed E-state index contributed by atoms with van der Waals surface area (Å²) in [5.41, 5.74) is 1.13. The lowest BCUT2D eigenvalue weighted by Gasteiger charge is -2.09. The second-order valence-corrected chi connectivity index (χ2v) is 4.40. The van der Waals surface area contributed by atoms with E-state index in [1.165, 1.54) is 0 Å². The van der Waals surface area contributed by atoms with Crippen LogP contribution < -0.4 is 15.4 Å². The van der Waals surface area contributed by atoms with Crippen LogP contribution in [-0.4, -0.2) is 40.0 Å². The van der Waals surface area contributed by atoms with Crippen molar-refractivity contribution in [3.63, 3.8) is 0 Å². The molecule has 0 bridgehead atoms. The van der Waals surface area contributed by atoms with E-state index in [1.54, 1.807) is 7.11 Å². The summed E-state index contributed by atoms with van der Waals surface area (Å²) >= 11 is 0. The van der Waals surface area contributed by atoms with Gasteiger partial charge in [-0.15, -0.1) is 0 Å². The maximum atomic E-state index is 5.54. The number of anilines is 1. The third kappa shape index (κ3) is 7.70. The van der Waals surface area contributed by atoms with Crippen molar-refractivity contribution in [2.45, 2.75) is 19.8 Å². The first-order valence-electron chi connectivity index (χ1n) is 7.03. The molecule has 1 aromatic rings. The molecule has 108 valence electrons. The molecule has 19 heavy (non-hydrogen) atoms. The van der Waals surface area contributed by atoms with E-state index in [1.807, 2.05) is 12.1 Å². The average molecular weight is 266 g/mol. The number of ether oxygens (including phenoxy) is 2. The maximum Gasteiger partial charge on any atom is 0.119 e. The normalized spacial score (nSPS) is 10.4. The highest BCUT2D eigenvalue weighted by Crippen LogP contribution is 2.15. The summed E-state index contributed by atoms with van der Waals surface area (Å²) in [6, 6.07) is 8.11. The first-order chi connectivity index (χ1) is 9.36. The van der Waals surface area contributed by atoms with Crippen LogP contribution in [0.1, 0.15) is 19.8 Å². The van der Waals surface area contributed by atoms with E-state index < -0.39 is 0 Å². The van der Waals surface area contributed by atoms with Crippen molar-refractivity contribution in [2.24, 2.45) is 0 Å². The van der Waals surface area contributed by atoms with Gasteiger partial charge in [-0.25, -0.2) is 0 Å². The highest BCUT2D eigenvalue weighted by Gasteiger charge is 1.94. The van der Waals surface area contributed by atoms with Gasteiger partial charge in [0.15, 0.2) is 0 Å². The monoisotopic (exact) mass is 266 g/mol. The lowest BCUT2D eigenvalue weighted by atomic mass is 10.3. The molecule has 1 rings (SSSR count). The number of rotatable bonds is 11. The Morgan fingerprint density at radius 3 is 2.47 bits per heavy atom. The van der Waals surface area contributed by atoms with Crippen molar-refractivity contribution < 1.29 is 9.47 Å². The smallest absolute Gasteiger partial charge is 0.119 e. The number of benzene rings is 1. The fourth-order valence-corrected chi connectivity index (χ4v) is 1.65. The van der Waals surface area contributed by atoms with E-state index in [4.69, 9.17) is 9.47 Å². The number of methoxy groups -OCH3 is 1. The number of hydrogen-bond donors (Lipinski definition) is 2. The first-order valence-corrected chi connectivity index (χ1v) is 7.03. The van der Waals surface area contributed by atoms with E-state index in [0.29, 0.717) is 0 Å². The molecule has 0 aliphatic heterocycles. The van der Waals surface area contributed by atoms with E-state index in [0.717, 1.165) is 57.1 Å². The highest BCUT2D eigenvalue weighted by molar-refractivity contribution is 5.46. The van der Waals surface area contributed by atoms with E-state index >= 15 is 0 Å². The van der Waals surface area contributed by atoms with Gasteiger partial charge < -0.3 is 20.1 Å². The van der Waals surface area contributed by atoms with Crippen LogP contribution in [0.5, 0.6) is 5.75 Å². The fourth-order valence-electron chi connectivity index (χ4n) is 1.65. The molecule has 2 N–H and O–H groups in total. The predicted octanol–water partition coefficient (Wildman–Crippen LogP) is 2.51. The number of hydrogen-bond acceptors (Lipinski definition) is 4.